The first kappa shape index (κ1) is 12.0. The van der Waals surface area contributed by atoms with Crippen molar-refractivity contribution in [3.63, 3.8) is 0 Å². The Hall–Kier alpha value is -1.12. The average molecular weight is 208 g/mol. The minimum absolute atomic E-state index is 0.198. The Morgan fingerprint density at radius 2 is 2.00 bits per heavy atom. The predicted molar refractivity (Wildman–Crippen MR) is 61.0 cm³/mol. The highest BCUT2D eigenvalue weighted by Gasteiger charge is 2.16. The number of hydrogen-bond acceptors (Lipinski definition) is 3. The molecule has 0 aliphatic heterocycles. The van der Waals surface area contributed by atoms with E-state index in [4.69, 9.17) is 4.74 Å². The molecular weight excluding hydrogens is 188 g/mol. The summed E-state index contributed by atoms with van der Waals surface area (Å²) >= 11 is 0. The number of rotatable bonds is 5. The van der Waals surface area contributed by atoms with Crippen LogP contribution in [0.5, 0.6) is 5.88 Å². The van der Waals surface area contributed by atoms with Gasteiger partial charge in [-0.15, -0.1) is 0 Å². The van der Waals surface area contributed by atoms with Gasteiger partial charge in [0.15, 0.2) is 0 Å². The van der Waals surface area contributed by atoms with Gasteiger partial charge in [-0.3, -0.25) is 4.98 Å². The third-order valence-electron chi connectivity index (χ3n) is 2.59. The fourth-order valence-corrected chi connectivity index (χ4v) is 0.998. The fraction of sp³-hybridized carbons (Fsp3) is 0.667. The number of ether oxygens (including phenoxy) is 1. The first-order valence-electron chi connectivity index (χ1n) is 5.51. The highest BCUT2D eigenvalue weighted by atomic mass is 16.5. The number of aromatic nitrogens is 2. The molecule has 0 radical (unpaired) electrons. The van der Waals surface area contributed by atoms with E-state index in [1.54, 1.807) is 12.4 Å². The molecule has 0 atom stereocenters. The molecule has 1 aromatic rings. The van der Waals surface area contributed by atoms with Gasteiger partial charge in [0.25, 0.3) is 0 Å². The summed E-state index contributed by atoms with van der Waals surface area (Å²) in [5, 5.41) is 0. The Morgan fingerprint density at radius 1 is 1.27 bits per heavy atom. The molecule has 3 nitrogen and oxygen atoms in total. The van der Waals surface area contributed by atoms with Crippen LogP contribution >= 0.6 is 0 Å². The topological polar surface area (TPSA) is 35.0 Å². The second-order valence-electron chi connectivity index (χ2n) is 4.51. The van der Waals surface area contributed by atoms with Crippen molar-refractivity contribution >= 4 is 0 Å². The van der Waals surface area contributed by atoms with Crippen LogP contribution in [0.4, 0.5) is 0 Å². The molecule has 0 saturated carbocycles. The predicted octanol–water partition coefficient (Wildman–Crippen LogP) is 2.85. The van der Waals surface area contributed by atoms with Gasteiger partial charge in [-0.1, -0.05) is 27.7 Å². The van der Waals surface area contributed by atoms with E-state index in [9.17, 15) is 0 Å². The Morgan fingerprint density at radius 3 is 2.60 bits per heavy atom. The van der Waals surface area contributed by atoms with Crippen molar-refractivity contribution in [3.8, 4) is 5.88 Å². The van der Waals surface area contributed by atoms with E-state index < -0.39 is 0 Å². The van der Waals surface area contributed by atoms with Crippen molar-refractivity contribution in [3.05, 3.63) is 18.1 Å². The maximum absolute atomic E-state index is 5.63. The minimum Gasteiger partial charge on any atom is -0.476 e. The molecule has 0 aromatic carbocycles. The highest BCUT2D eigenvalue weighted by molar-refractivity contribution is 5.08. The summed E-state index contributed by atoms with van der Waals surface area (Å²) in [6, 6.07) is 0. The molecule has 0 bridgehead atoms. The Bertz CT molecular complexity index is 310. The molecule has 0 fully saturated rings. The molecule has 1 heterocycles. The highest BCUT2D eigenvalue weighted by Crippen LogP contribution is 2.20. The number of nitrogens with zero attached hydrogens (tertiary/aromatic N) is 2. The summed E-state index contributed by atoms with van der Waals surface area (Å²) in [6.45, 7) is 9.28. The first-order valence-corrected chi connectivity index (χ1v) is 5.51. The Kier molecular flexibility index (Phi) is 4.06. The van der Waals surface area contributed by atoms with Gasteiger partial charge in [0.2, 0.25) is 5.88 Å². The lowest BCUT2D eigenvalue weighted by Crippen LogP contribution is -2.20. The van der Waals surface area contributed by atoms with Gasteiger partial charge in [-0.05, 0) is 18.3 Å². The molecule has 0 amide bonds. The third kappa shape index (κ3) is 3.86. The lowest BCUT2D eigenvalue weighted by molar-refractivity contribution is 0.169. The molecule has 3 heteroatoms. The summed E-state index contributed by atoms with van der Waals surface area (Å²) in [7, 11) is 0. The van der Waals surface area contributed by atoms with Crippen LogP contribution < -0.4 is 4.74 Å². The van der Waals surface area contributed by atoms with Crippen molar-refractivity contribution in [1.82, 2.24) is 9.97 Å². The van der Waals surface area contributed by atoms with Gasteiger partial charge in [0.1, 0.15) is 0 Å². The second-order valence-corrected chi connectivity index (χ2v) is 4.51. The standard InChI is InChI=1S/C12H20N2O/c1-5-10-7-13-8-11(14-10)15-9-12(3,4)6-2/h7-8H,5-6,9H2,1-4H3. The number of hydrogen-bond donors (Lipinski definition) is 0. The summed E-state index contributed by atoms with van der Waals surface area (Å²) in [5.74, 6) is 0.635. The van der Waals surface area contributed by atoms with Crippen molar-refractivity contribution in [1.29, 1.82) is 0 Å². The summed E-state index contributed by atoms with van der Waals surface area (Å²) in [5.41, 5.74) is 1.17. The largest absolute Gasteiger partial charge is 0.476 e. The van der Waals surface area contributed by atoms with Crippen LogP contribution in [-0.4, -0.2) is 16.6 Å². The van der Waals surface area contributed by atoms with Crippen LogP contribution in [0.25, 0.3) is 0 Å². The molecule has 0 N–H and O–H groups in total. The summed E-state index contributed by atoms with van der Waals surface area (Å²) in [6.07, 6.45) is 5.43. The maximum atomic E-state index is 5.63. The van der Waals surface area contributed by atoms with E-state index in [2.05, 4.69) is 37.7 Å². The molecule has 0 unspecified atom stereocenters. The van der Waals surface area contributed by atoms with E-state index in [0.29, 0.717) is 12.5 Å². The van der Waals surface area contributed by atoms with Gasteiger partial charge in [0, 0.05) is 6.20 Å². The average Bonchev–Trinajstić information content (AvgIpc) is 2.27. The van der Waals surface area contributed by atoms with E-state index in [-0.39, 0.29) is 5.41 Å². The van der Waals surface area contributed by atoms with Gasteiger partial charge in [-0.2, -0.15) is 0 Å². The SMILES string of the molecule is CCc1cncc(OCC(C)(C)CC)n1. The van der Waals surface area contributed by atoms with Gasteiger partial charge >= 0.3 is 0 Å². The van der Waals surface area contributed by atoms with E-state index in [1.807, 2.05) is 0 Å². The maximum Gasteiger partial charge on any atom is 0.232 e. The monoisotopic (exact) mass is 208 g/mol. The lowest BCUT2D eigenvalue weighted by Gasteiger charge is -2.22. The smallest absolute Gasteiger partial charge is 0.232 e. The lowest BCUT2D eigenvalue weighted by atomic mass is 9.92. The summed E-state index contributed by atoms with van der Waals surface area (Å²) in [4.78, 5) is 8.44. The summed E-state index contributed by atoms with van der Waals surface area (Å²) < 4.78 is 5.63. The molecule has 0 saturated heterocycles. The van der Waals surface area contributed by atoms with Crippen LogP contribution in [0.3, 0.4) is 0 Å². The Labute approximate surface area is 91.9 Å². The molecule has 1 aromatic heterocycles. The van der Waals surface area contributed by atoms with Crippen molar-refractivity contribution in [2.24, 2.45) is 5.41 Å². The van der Waals surface area contributed by atoms with E-state index in [0.717, 1.165) is 18.5 Å². The van der Waals surface area contributed by atoms with Crippen LogP contribution in [0, 0.1) is 5.41 Å². The molecular formula is C12H20N2O. The molecule has 0 aliphatic carbocycles. The zero-order valence-corrected chi connectivity index (χ0v) is 10.1. The van der Waals surface area contributed by atoms with E-state index >= 15 is 0 Å². The Balaban J connectivity index is 2.57. The first-order chi connectivity index (χ1) is 7.07. The normalized spacial score (nSPS) is 11.5. The van der Waals surface area contributed by atoms with Crippen molar-refractivity contribution < 1.29 is 4.74 Å². The second kappa shape index (κ2) is 5.10. The van der Waals surface area contributed by atoms with Crippen molar-refractivity contribution in [2.45, 2.75) is 40.5 Å². The van der Waals surface area contributed by atoms with E-state index in [1.165, 1.54) is 0 Å². The van der Waals surface area contributed by atoms with Gasteiger partial charge in [-0.25, -0.2) is 4.98 Å². The molecule has 0 aliphatic rings. The van der Waals surface area contributed by atoms with Gasteiger partial charge in [0.05, 0.1) is 18.5 Å². The zero-order chi connectivity index (χ0) is 11.3. The third-order valence-corrected chi connectivity index (χ3v) is 2.59. The van der Waals surface area contributed by atoms with Crippen LogP contribution in [-0.2, 0) is 6.42 Å². The van der Waals surface area contributed by atoms with Gasteiger partial charge < -0.3 is 4.74 Å². The van der Waals surface area contributed by atoms with Crippen LogP contribution in [0.2, 0.25) is 0 Å². The number of aryl methyl sites for hydroxylation is 1. The van der Waals surface area contributed by atoms with Crippen LogP contribution in [0.1, 0.15) is 39.8 Å². The molecule has 15 heavy (non-hydrogen) atoms. The quantitative estimate of drug-likeness (QED) is 0.746. The molecule has 84 valence electrons. The van der Waals surface area contributed by atoms with Crippen molar-refractivity contribution in [2.75, 3.05) is 6.61 Å². The minimum atomic E-state index is 0.198. The fourth-order valence-electron chi connectivity index (χ4n) is 0.998. The molecule has 1 rings (SSSR count). The molecule has 0 spiro atoms. The zero-order valence-electron chi connectivity index (χ0n) is 10.1. The van der Waals surface area contributed by atoms with Crippen LogP contribution in [0.15, 0.2) is 12.4 Å².